The van der Waals surface area contributed by atoms with E-state index in [-0.39, 0.29) is 6.10 Å². The fraction of sp³-hybridized carbons (Fsp3) is 0.583. The molecule has 0 unspecified atom stereocenters. The average molecular weight is 195 g/mol. The van der Waals surface area contributed by atoms with Gasteiger partial charge in [-0.3, -0.25) is 4.98 Å². The van der Waals surface area contributed by atoms with Crippen molar-refractivity contribution in [3.05, 3.63) is 24.0 Å². The van der Waals surface area contributed by atoms with Gasteiger partial charge in [0.05, 0.1) is 12.3 Å². The molecule has 1 rings (SSSR count). The Labute approximate surface area is 87.3 Å². The Morgan fingerprint density at radius 2 is 1.93 bits per heavy atom. The van der Waals surface area contributed by atoms with Crippen molar-refractivity contribution in [3.63, 3.8) is 0 Å². The van der Waals surface area contributed by atoms with Gasteiger partial charge in [0.15, 0.2) is 0 Å². The Morgan fingerprint density at radius 1 is 1.29 bits per heavy atom. The van der Waals surface area contributed by atoms with Crippen molar-refractivity contribution in [2.24, 2.45) is 0 Å². The number of pyridine rings is 1. The summed E-state index contributed by atoms with van der Waals surface area (Å²) >= 11 is 0. The number of hydrogen-bond acceptors (Lipinski definition) is 2. The van der Waals surface area contributed by atoms with Gasteiger partial charge in [-0.15, -0.1) is 0 Å². The van der Waals surface area contributed by atoms with Crippen LogP contribution in [0.5, 0.6) is 5.75 Å². The quantitative estimate of drug-likeness (QED) is 0.737. The first-order valence-electron chi connectivity index (χ1n) is 5.33. The number of ether oxygens (including phenoxy) is 1. The van der Waals surface area contributed by atoms with E-state index in [2.05, 4.69) is 11.9 Å². The Bertz CT molecular complexity index is 246. The number of nitrogens with zero attached hydrogens (tertiary/aromatic N) is 1. The van der Waals surface area contributed by atoms with Crippen molar-refractivity contribution >= 4 is 0 Å². The first-order chi connectivity index (χ1) is 6.72. The van der Waals surface area contributed by atoms with E-state index in [1.165, 1.54) is 5.56 Å². The molecule has 0 aliphatic carbocycles. The summed E-state index contributed by atoms with van der Waals surface area (Å²) in [4.78, 5) is 4.08. The van der Waals surface area contributed by atoms with Gasteiger partial charge in [0.2, 0.25) is 0 Å². The van der Waals surface area contributed by atoms with Crippen LogP contribution in [0, 0.1) is 0 Å². The molecule has 0 spiro atoms. The molecule has 1 aromatic rings. The molecule has 2 heteroatoms. The number of aromatic nitrogens is 1. The second-order valence-corrected chi connectivity index (χ2v) is 3.05. The van der Waals surface area contributed by atoms with E-state index >= 15 is 0 Å². The molecule has 0 fully saturated rings. The summed E-state index contributed by atoms with van der Waals surface area (Å²) < 4.78 is 5.49. The topological polar surface area (TPSA) is 22.1 Å². The van der Waals surface area contributed by atoms with Crippen molar-refractivity contribution < 1.29 is 4.74 Å². The molecule has 0 bridgehead atoms. The van der Waals surface area contributed by atoms with Crippen molar-refractivity contribution in [2.75, 3.05) is 0 Å². The van der Waals surface area contributed by atoms with Gasteiger partial charge in [-0.05, 0) is 31.9 Å². The van der Waals surface area contributed by atoms with Gasteiger partial charge in [-0.1, -0.05) is 20.8 Å². The highest BCUT2D eigenvalue weighted by molar-refractivity contribution is 5.23. The maximum atomic E-state index is 5.49. The Hall–Kier alpha value is -1.05. The highest BCUT2D eigenvalue weighted by Gasteiger charge is 1.98. The number of aryl methyl sites for hydroxylation is 1. The second kappa shape index (κ2) is 7.36. The Balaban J connectivity index is 0.000000791. The van der Waals surface area contributed by atoms with E-state index in [0.717, 1.165) is 12.2 Å². The normalized spacial score (nSPS) is 9.29. The summed E-state index contributed by atoms with van der Waals surface area (Å²) in [7, 11) is 0. The van der Waals surface area contributed by atoms with E-state index in [1.54, 1.807) is 6.20 Å². The fourth-order valence-corrected chi connectivity index (χ4v) is 0.994. The van der Waals surface area contributed by atoms with Crippen LogP contribution >= 0.6 is 0 Å². The third-order valence-corrected chi connectivity index (χ3v) is 1.55. The lowest BCUT2D eigenvalue weighted by Gasteiger charge is -2.09. The number of rotatable bonds is 3. The largest absolute Gasteiger partial charge is 0.489 e. The van der Waals surface area contributed by atoms with E-state index in [4.69, 9.17) is 4.74 Å². The zero-order valence-corrected chi connectivity index (χ0v) is 9.87. The van der Waals surface area contributed by atoms with Crippen LogP contribution in [0.15, 0.2) is 18.5 Å². The first-order valence-corrected chi connectivity index (χ1v) is 5.33. The summed E-state index contributed by atoms with van der Waals surface area (Å²) in [6.45, 7) is 10.1. The molecule has 80 valence electrons. The second-order valence-electron chi connectivity index (χ2n) is 3.05. The molecule has 1 aromatic heterocycles. The van der Waals surface area contributed by atoms with Crippen LogP contribution in [-0.4, -0.2) is 11.1 Å². The molecule has 0 amide bonds. The van der Waals surface area contributed by atoms with Gasteiger partial charge >= 0.3 is 0 Å². The highest BCUT2D eigenvalue weighted by Crippen LogP contribution is 2.12. The minimum Gasteiger partial charge on any atom is -0.489 e. The van der Waals surface area contributed by atoms with Crippen LogP contribution in [0.25, 0.3) is 0 Å². The van der Waals surface area contributed by atoms with E-state index < -0.39 is 0 Å². The van der Waals surface area contributed by atoms with Crippen LogP contribution in [0.1, 0.15) is 40.2 Å². The molecule has 1 heterocycles. The number of hydrogen-bond donors (Lipinski definition) is 0. The first kappa shape index (κ1) is 12.9. The van der Waals surface area contributed by atoms with E-state index in [9.17, 15) is 0 Å². The molecule has 0 aliphatic heterocycles. The average Bonchev–Trinajstić information content (AvgIpc) is 2.20. The van der Waals surface area contributed by atoms with Crippen LogP contribution in [0.4, 0.5) is 0 Å². The highest BCUT2D eigenvalue weighted by atomic mass is 16.5. The van der Waals surface area contributed by atoms with E-state index in [1.807, 2.05) is 40.0 Å². The van der Waals surface area contributed by atoms with Gasteiger partial charge in [-0.2, -0.15) is 0 Å². The van der Waals surface area contributed by atoms with Crippen molar-refractivity contribution in [3.8, 4) is 5.75 Å². The van der Waals surface area contributed by atoms with Gasteiger partial charge in [0.1, 0.15) is 5.75 Å². The van der Waals surface area contributed by atoms with Gasteiger partial charge < -0.3 is 4.74 Å². The predicted molar refractivity (Wildman–Crippen MR) is 60.7 cm³/mol. The van der Waals surface area contributed by atoms with Crippen molar-refractivity contribution in [1.82, 2.24) is 4.98 Å². The molecular weight excluding hydrogens is 174 g/mol. The third-order valence-electron chi connectivity index (χ3n) is 1.55. The fourth-order valence-electron chi connectivity index (χ4n) is 0.994. The zero-order valence-electron chi connectivity index (χ0n) is 9.87. The van der Waals surface area contributed by atoms with Crippen LogP contribution in [0.2, 0.25) is 0 Å². The summed E-state index contributed by atoms with van der Waals surface area (Å²) in [6, 6.07) is 2.03. The van der Waals surface area contributed by atoms with Crippen LogP contribution in [-0.2, 0) is 6.42 Å². The van der Waals surface area contributed by atoms with Gasteiger partial charge in [0, 0.05) is 6.20 Å². The lowest BCUT2D eigenvalue weighted by Crippen LogP contribution is -2.05. The molecular formula is C12H21NO. The summed E-state index contributed by atoms with van der Waals surface area (Å²) in [5.74, 6) is 0.865. The molecule has 0 aromatic carbocycles. The van der Waals surface area contributed by atoms with Crippen LogP contribution < -0.4 is 4.74 Å². The van der Waals surface area contributed by atoms with Gasteiger partial charge in [0.25, 0.3) is 0 Å². The molecule has 0 radical (unpaired) electrons. The smallest absolute Gasteiger partial charge is 0.138 e. The predicted octanol–water partition coefficient (Wildman–Crippen LogP) is 3.46. The summed E-state index contributed by atoms with van der Waals surface area (Å²) in [5, 5.41) is 0. The van der Waals surface area contributed by atoms with Gasteiger partial charge in [-0.25, -0.2) is 0 Å². The lowest BCUT2D eigenvalue weighted by molar-refractivity contribution is 0.241. The van der Waals surface area contributed by atoms with Crippen LogP contribution in [0.3, 0.4) is 0 Å². The molecule has 0 saturated heterocycles. The Kier molecular flexibility index (Phi) is 6.81. The zero-order chi connectivity index (χ0) is 11.0. The van der Waals surface area contributed by atoms with E-state index in [0.29, 0.717) is 0 Å². The minimum absolute atomic E-state index is 0.221. The maximum Gasteiger partial charge on any atom is 0.138 e. The molecule has 0 saturated carbocycles. The minimum atomic E-state index is 0.221. The standard InChI is InChI=1S/C10H15NO.C2H6/c1-4-9-5-10(7-11-6-9)12-8(2)3;1-2/h5-8H,4H2,1-3H3;1-2H3. The molecule has 0 N–H and O–H groups in total. The van der Waals surface area contributed by atoms with Crippen molar-refractivity contribution in [1.29, 1.82) is 0 Å². The monoisotopic (exact) mass is 195 g/mol. The SMILES string of the molecule is CC.CCc1cncc(OC(C)C)c1. The Morgan fingerprint density at radius 3 is 2.43 bits per heavy atom. The third kappa shape index (κ3) is 4.85. The summed E-state index contributed by atoms with van der Waals surface area (Å²) in [5.41, 5.74) is 1.22. The molecule has 2 nitrogen and oxygen atoms in total. The summed E-state index contributed by atoms with van der Waals surface area (Å²) in [6.07, 6.45) is 4.84. The molecule has 0 aliphatic rings. The lowest BCUT2D eigenvalue weighted by atomic mass is 10.2. The van der Waals surface area contributed by atoms with Crippen molar-refractivity contribution in [2.45, 2.75) is 47.1 Å². The molecule has 14 heavy (non-hydrogen) atoms. The molecule has 0 atom stereocenters. The maximum absolute atomic E-state index is 5.49.